The Bertz CT molecular complexity index is 1400. The van der Waals surface area contributed by atoms with Gasteiger partial charge in [0.2, 0.25) is 5.91 Å². The molecule has 3 aromatic rings. The van der Waals surface area contributed by atoms with Crippen molar-refractivity contribution in [2.24, 2.45) is 0 Å². The zero-order chi connectivity index (χ0) is 29.7. The monoisotopic (exact) mass is 597 g/mol. The zero-order valence-corrected chi connectivity index (χ0v) is 24.6. The summed E-state index contributed by atoms with van der Waals surface area (Å²) in [5.41, 5.74) is 2.36. The topological polar surface area (TPSA) is 98.7 Å². The molecule has 7 nitrogen and oxygen atoms in total. The van der Waals surface area contributed by atoms with Gasteiger partial charge in [-0.05, 0) is 56.0 Å². The number of aliphatic hydroxyl groups is 1. The Morgan fingerprint density at radius 1 is 1.07 bits per heavy atom. The van der Waals surface area contributed by atoms with Crippen molar-refractivity contribution in [1.82, 2.24) is 15.5 Å². The van der Waals surface area contributed by atoms with Crippen LogP contribution in [0.25, 0.3) is 0 Å². The second kappa shape index (κ2) is 13.1. The lowest BCUT2D eigenvalue weighted by Crippen LogP contribution is -2.58. The van der Waals surface area contributed by atoms with Crippen LogP contribution < -0.4 is 10.6 Å². The molecule has 1 heterocycles. The molecule has 1 fully saturated rings. The maximum Gasteiger partial charge on any atom is 0.256 e. The smallest absolute Gasteiger partial charge is 0.256 e. The minimum atomic E-state index is -1.72. The molecule has 0 aliphatic carbocycles. The molecule has 0 radical (unpaired) electrons. The Kier molecular flexibility index (Phi) is 9.73. The predicted octanol–water partition coefficient (Wildman–Crippen LogP) is 4.49. The van der Waals surface area contributed by atoms with E-state index in [1.165, 1.54) is 28.8 Å². The van der Waals surface area contributed by atoms with Crippen molar-refractivity contribution >= 4 is 41.1 Å². The van der Waals surface area contributed by atoms with Crippen molar-refractivity contribution in [3.8, 4) is 0 Å². The van der Waals surface area contributed by atoms with Crippen LogP contribution >= 0.6 is 23.4 Å². The number of rotatable bonds is 9. The van der Waals surface area contributed by atoms with Gasteiger partial charge < -0.3 is 20.6 Å². The summed E-state index contributed by atoms with van der Waals surface area (Å²) in [6, 6.07) is 18.6. The number of amides is 3. The van der Waals surface area contributed by atoms with Crippen LogP contribution in [0.15, 0.2) is 72.8 Å². The minimum absolute atomic E-state index is 0.0834. The highest BCUT2D eigenvalue weighted by atomic mass is 35.5. The van der Waals surface area contributed by atoms with Gasteiger partial charge in [-0.2, -0.15) is 0 Å². The van der Waals surface area contributed by atoms with E-state index in [4.69, 9.17) is 11.6 Å². The first-order chi connectivity index (χ1) is 19.5. The third kappa shape index (κ3) is 7.09. The van der Waals surface area contributed by atoms with E-state index in [9.17, 15) is 23.9 Å². The number of carbonyl (C=O) groups is 3. The molecule has 3 atom stereocenters. The molecule has 41 heavy (non-hydrogen) atoms. The zero-order valence-electron chi connectivity index (χ0n) is 23.1. The molecule has 1 aliphatic heterocycles. The first-order valence-electron chi connectivity index (χ1n) is 13.2. The molecule has 10 heteroatoms. The molecule has 0 saturated carbocycles. The average Bonchev–Trinajstić information content (AvgIpc) is 3.26. The molecule has 3 aromatic carbocycles. The number of hydrogen-bond acceptors (Lipinski definition) is 5. The van der Waals surface area contributed by atoms with E-state index in [1.54, 1.807) is 24.3 Å². The van der Waals surface area contributed by atoms with E-state index < -0.39 is 40.6 Å². The van der Waals surface area contributed by atoms with Gasteiger partial charge in [0.15, 0.2) is 6.10 Å². The van der Waals surface area contributed by atoms with Crippen molar-refractivity contribution in [3.63, 3.8) is 0 Å². The Balaban J connectivity index is 1.57. The summed E-state index contributed by atoms with van der Waals surface area (Å²) in [4.78, 5) is 41.7. The fourth-order valence-electron chi connectivity index (χ4n) is 4.91. The van der Waals surface area contributed by atoms with Gasteiger partial charge in [0.1, 0.15) is 11.9 Å². The van der Waals surface area contributed by atoms with Gasteiger partial charge in [0.05, 0.1) is 22.5 Å². The van der Waals surface area contributed by atoms with E-state index in [1.807, 2.05) is 51.1 Å². The Morgan fingerprint density at radius 3 is 2.44 bits per heavy atom. The predicted molar refractivity (Wildman–Crippen MR) is 159 cm³/mol. The third-order valence-corrected chi connectivity index (χ3v) is 8.92. The van der Waals surface area contributed by atoms with Gasteiger partial charge in [0.25, 0.3) is 11.8 Å². The average molecular weight is 598 g/mol. The number of thioether (sulfide) groups is 1. The molecule has 1 aliphatic rings. The van der Waals surface area contributed by atoms with Gasteiger partial charge >= 0.3 is 0 Å². The summed E-state index contributed by atoms with van der Waals surface area (Å²) in [5.74, 6) is -2.55. The van der Waals surface area contributed by atoms with Crippen LogP contribution in [0.1, 0.15) is 40.9 Å². The quantitative estimate of drug-likeness (QED) is 0.338. The number of aliphatic hydroxyl groups excluding tert-OH is 1. The molecule has 0 spiro atoms. The summed E-state index contributed by atoms with van der Waals surface area (Å²) in [6.07, 6.45) is -1.63. The number of aryl methyl sites for hydroxylation is 1. The summed E-state index contributed by atoms with van der Waals surface area (Å²) >= 11 is 7.52. The lowest BCUT2D eigenvalue weighted by atomic mass is 9.96. The maximum atomic E-state index is 14.5. The highest BCUT2D eigenvalue weighted by Crippen LogP contribution is 2.40. The van der Waals surface area contributed by atoms with E-state index in [2.05, 4.69) is 10.6 Å². The number of carbonyl (C=O) groups excluding carboxylic acids is 3. The second-order valence-corrected chi connectivity index (χ2v) is 12.5. The lowest BCUT2D eigenvalue weighted by molar-refractivity contribution is -0.147. The van der Waals surface area contributed by atoms with Crippen LogP contribution in [-0.2, 0) is 22.6 Å². The number of hydrogen-bond donors (Lipinski definition) is 3. The van der Waals surface area contributed by atoms with Crippen molar-refractivity contribution in [3.05, 3.63) is 106 Å². The third-order valence-electron chi connectivity index (χ3n) is 7.23. The van der Waals surface area contributed by atoms with Crippen LogP contribution in [0.2, 0.25) is 5.02 Å². The largest absolute Gasteiger partial charge is 0.381 e. The van der Waals surface area contributed by atoms with Crippen molar-refractivity contribution in [2.75, 3.05) is 5.88 Å². The van der Waals surface area contributed by atoms with Crippen molar-refractivity contribution < 1.29 is 23.9 Å². The Hall–Kier alpha value is -3.40. The van der Waals surface area contributed by atoms with Gasteiger partial charge in [-0.15, -0.1) is 11.8 Å². The summed E-state index contributed by atoms with van der Waals surface area (Å²) in [7, 11) is 0. The van der Waals surface area contributed by atoms with Crippen LogP contribution in [0.4, 0.5) is 4.39 Å². The Labute approximate surface area is 248 Å². The van der Waals surface area contributed by atoms with Gasteiger partial charge in [-0.1, -0.05) is 72.3 Å². The molecule has 4 rings (SSSR count). The van der Waals surface area contributed by atoms with E-state index in [0.29, 0.717) is 6.54 Å². The number of nitrogens with zero attached hydrogens (tertiary/aromatic N) is 1. The van der Waals surface area contributed by atoms with E-state index >= 15 is 0 Å². The van der Waals surface area contributed by atoms with Crippen LogP contribution in [0.5, 0.6) is 0 Å². The first kappa shape index (κ1) is 30.6. The molecule has 216 valence electrons. The molecule has 0 aromatic heterocycles. The van der Waals surface area contributed by atoms with Gasteiger partial charge in [-0.25, -0.2) is 4.39 Å². The first-order valence-corrected chi connectivity index (χ1v) is 14.6. The maximum absolute atomic E-state index is 14.5. The Morgan fingerprint density at radius 2 is 1.76 bits per heavy atom. The number of nitrogens with one attached hydrogen (secondary N) is 2. The molecule has 0 unspecified atom stereocenters. The highest BCUT2D eigenvalue weighted by molar-refractivity contribution is 8.00. The summed E-state index contributed by atoms with van der Waals surface area (Å²) < 4.78 is 13.9. The number of benzene rings is 3. The SMILES string of the molecule is Cc1ccccc1CNC(=O)[C@H]1N(C(=O)[C@@H](O)[C@H](Cc2ccccc2)NC(=O)c2c(F)cccc2Cl)CSC1(C)C. The van der Waals surface area contributed by atoms with Crippen LogP contribution in [-0.4, -0.2) is 56.5 Å². The van der Waals surface area contributed by atoms with Crippen molar-refractivity contribution in [1.29, 1.82) is 0 Å². The molecule has 3 amide bonds. The highest BCUT2D eigenvalue weighted by Gasteiger charge is 2.49. The number of halogens is 2. The van der Waals surface area contributed by atoms with E-state index in [0.717, 1.165) is 22.8 Å². The molecular formula is C31H33ClFN3O4S. The standard InChI is InChI=1S/C31H33ClFN3O4S/c1-19-10-7-8-13-21(19)17-34-29(39)27-31(2,3)41-18-36(27)30(40)26(37)24(16-20-11-5-4-6-12-20)35-28(38)25-22(32)14-9-15-23(25)33/h4-15,24,26-27,37H,16-18H2,1-3H3,(H,34,39)(H,35,38)/t24-,26-,27+/m0/s1. The minimum Gasteiger partial charge on any atom is -0.381 e. The van der Waals surface area contributed by atoms with Gasteiger partial charge in [-0.3, -0.25) is 14.4 Å². The van der Waals surface area contributed by atoms with Crippen LogP contribution in [0.3, 0.4) is 0 Å². The molecule has 1 saturated heterocycles. The fraction of sp³-hybridized carbons (Fsp3) is 0.323. The second-order valence-electron chi connectivity index (χ2n) is 10.5. The molecule has 0 bridgehead atoms. The van der Waals surface area contributed by atoms with Crippen molar-refractivity contribution in [2.45, 2.75) is 56.7 Å². The fourth-order valence-corrected chi connectivity index (χ4v) is 6.30. The summed E-state index contributed by atoms with van der Waals surface area (Å²) in [6.45, 7) is 6.00. The normalized spacial score (nSPS) is 17.5. The summed E-state index contributed by atoms with van der Waals surface area (Å²) in [5, 5.41) is 16.8. The molecule has 3 N–H and O–H groups in total. The van der Waals surface area contributed by atoms with Crippen LogP contribution in [0, 0.1) is 12.7 Å². The molecular weight excluding hydrogens is 565 g/mol. The van der Waals surface area contributed by atoms with E-state index in [-0.39, 0.29) is 28.8 Å². The lowest BCUT2D eigenvalue weighted by Gasteiger charge is -2.33. The van der Waals surface area contributed by atoms with Gasteiger partial charge in [0, 0.05) is 11.3 Å².